The average Bonchev–Trinajstić information content (AvgIpc) is 2.61. The number of guanidine groups is 1. The summed E-state index contributed by atoms with van der Waals surface area (Å²) in [6.45, 7) is 3.71. The van der Waals surface area contributed by atoms with Crippen molar-refractivity contribution in [2.45, 2.75) is 26.1 Å². The maximum absolute atomic E-state index is 12.7. The van der Waals surface area contributed by atoms with E-state index in [1.54, 1.807) is 0 Å². The quantitative estimate of drug-likeness (QED) is 0.529. The van der Waals surface area contributed by atoms with Crippen LogP contribution in [0.5, 0.6) is 5.75 Å². The van der Waals surface area contributed by atoms with Gasteiger partial charge in [0.2, 0.25) is 0 Å². The van der Waals surface area contributed by atoms with Crippen LogP contribution in [0.2, 0.25) is 0 Å². The number of aryl methyl sites for hydroxylation is 2. The van der Waals surface area contributed by atoms with Gasteiger partial charge in [-0.3, -0.25) is 4.99 Å². The Bertz CT molecular complexity index is 807. The fourth-order valence-corrected chi connectivity index (χ4v) is 2.22. The van der Waals surface area contributed by atoms with Crippen molar-refractivity contribution in [1.29, 1.82) is 0 Å². The Balaban J connectivity index is 1.85. The molecule has 2 rings (SSSR count). The number of nitrogens with one attached hydrogen (secondary N) is 1. The van der Waals surface area contributed by atoms with Crippen molar-refractivity contribution in [3.63, 3.8) is 0 Å². The van der Waals surface area contributed by atoms with Gasteiger partial charge in [0, 0.05) is 5.69 Å². The van der Waals surface area contributed by atoms with Gasteiger partial charge in [-0.25, -0.2) is 0 Å². The highest BCUT2D eigenvalue weighted by molar-refractivity contribution is 5.92. The lowest BCUT2D eigenvalue weighted by Gasteiger charge is -2.13. The molecule has 0 aliphatic heterocycles. The van der Waals surface area contributed by atoms with Gasteiger partial charge < -0.3 is 20.9 Å². The average molecular weight is 381 g/mol. The molecular formula is C19H22F3N3O2. The number of halogens is 3. The van der Waals surface area contributed by atoms with E-state index in [-0.39, 0.29) is 24.9 Å². The summed E-state index contributed by atoms with van der Waals surface area (Å²) in [6.07, 6.45) is -5.46. The molecule has 146 valence electrons. The molecule has 1 atom stereocenters. The van der Waals surface area contributed by atoms with Crippen molar-refractivity contribution < 1.29 is 23.0 Å². The molecule has 0 aromatic heterocycles. The van der Waals surface area contributed by atoms with E-state index in [0.717, 1.165) is 28.9 Å². The summed E-state index contributed by atoms with van der Waals surface area (Å²) in [7, 11) is 0. The van der Waals surface area contributed by atoms with Crippen molar-refractivity contribution >= 4 is 11.6 Å². The fourth-order valence-electron chi connectivity index (χ4n) is 2.22. The number of anilines is 1. The Morgan fingerprint density at radius 2 is 1.93 bits per heavy atom. The number of ether oxygens (including phenoxy) is 1. The number of nitrogens with two attached hydrogens (primary N) is 1. The first-order chi connectivity index (χ1) is 12.6. The van der Waals surface area contributed by atoms with Crippen LogP contribution in [-0.4, -0.2) is 30.3 Å². The summed E-state index contributed by atoms with van der Waals surface area (Å²) in [5.74, 6) is 0.144. The van der Waals surface area contributed by atoms with Gasteiger partial charge in [0.05, 0.1) is 12.1 Å². The minimum absolute atomic E-state index is 0.0223. The Morgan fingerprint density at radius 1 is 1.19 bits per heavy atom. The number of aliphatic hydroxyl groups is 1. The first kappa shape index (κ1) is 20.6. The van der Waals surface area contributed by atoms with Gasteiger partial charge in [-0.2, -0.15) is 13.2 Å². The second-order valence-electron chi connectivity index (χ2n) is 6.14. The number of hydrogen-bond donors (Lipinski definition) is 3. The van der Waals surface area contributed by atoms with E-state index in [0.29, 0.717) is 0 Å². The third kappa shape index (κ3) is 6.49. The molecule has 0 saturated heterocycles. The number of aliphatic imine (C=N–C) groups is 1. The standard InChI is InChI=1S/C19H22F3N3O2/c1-12-6-7-15(8-13(12)2)25-18(23)24-10-16(26)11-27-17-5-3-4-14(9-17)19(20,21)22/h3-9,16,26H,10-11H2,1-2H3,(H3,23,24,25). The highest BCUT2D eigenvalue weighted by Crippen LogP contribution is 2.31. The summed E-state index contributed by atoms with van der Waals surface area (Å²) >= 11 is 0. The smallest absolute Gasteiger partial charge is 0.416 e. The molecule has 0 fully saturated rings. The molecule has 1 unspecified atom stereocenters. The molecule has 2 aromatic rings. The topological polar surface area (TPSA) is 79.9 Å². The third-order valence-electron chi connectivity index (χ3n) is 3.86. The van der Waals surface area contributed by atoms with Gasteiger partial charge >= 0.3 is 6.18 Å². The van der Waals surface area contributed by atoms with E-state index in [1.165, 1.54) is 12.1 Å². The second-order valence-corrected chi connectivity index (χ2v) is 6.14. The van der Waals surface area contributed by atoms with Crippen LogP contribution < -0.4 is 15.8 Å². The third-order valence-corrected chi connectivity index (χ3v) is 3.86. The number of benzene rings is 2. The monoisotopic (exact) mass is 381 g/mol. The lowest BCUT2D eigenvalue weighted by Crippen LogP contribution is -2.27. The van der Waals surface area contributed by atoms with E-state index in [4.69, 9.17) is 10.5 Å². The number of hydrogen-bond acceptors (Lipinski definition) is 3. The van der Waals surface area contributed by atoms with Gasteiger partial charge in [0.25, 0.3) is 0 Å². The van der Waals surface area contributed by atoms with Crippen LogP contribution in [0.15, 0.2) is 47.5 Å². The molecule has 0 aliphatic carbocycles. The first-order valence-electron chi connectivity index (χ1n) is 8.27. The molecule has 0 saturated carbocycles. The van der Waals surface area contributed by atoms with Crippen LogP contribution in [0.1, 0.15) is 16.7 Å². The van der Waals surface area contributed by atoms with Crippen LogP contribution in [0.4, 0.5) is 18.9 Å². The van der Waals surface area contributed by atoms with Gasteiger partial charge in [0.15, 0.2) is 5.96 Å². The van der Waals surface area contributed by atoms with E-state index < -0.39 is 17.8 Å². The normalized spacial score (nSPS) is 13.3. The zero-order valence-electron chi connectivity index (χ0n) is 15.0. The molecule has 0 heterocycles. The Morgan fingerprint density at radius 3 is 2.59 bits per heavy atom. The van der Waals surface area contributed by atoms with Crippen LogP contribution in [0.25, 0.3) is 0 Å². The zero-order chi connectivity index (χ0) is 20.0. The summed E-state index contributed by atoms with van der Waals surface area (Å²) in [6, 6.07) is 10.2. The zero-order valence-corrected chi connectivity index (χ0v) is 15.0. The van der Waals surface area contributed by atoms with Crippen molar-refractivity contribution in [3.8, 4) is 5.75 Å². The van der Waals surface area contributed by atoms with Gasteiger partial charge in [-0.05, 0) is 55.3 Å². The number of alkyl halides is 3. The Hall–Kier alpha value is -2.74. The van der Waals surface area contributed by atoms with Crippen molar-refractivity contribution in [2.75, 3.05) is 18.5 Å². The highest BCUT2D eigenvalue weighted by Gasteiger charge is 2.30. The molecule has 27 heavy (non-hydrogen) atoms. The van der Waals surface area contributed by atoms with E-state index >= 15 is 0 Å². The summed E-state index contributed by atoms with van der Waals surface area (Å²) in [5, 5.41) is 12.8. The molecule has 0 aliphatic rings. The van der Waals surface area contributed by atoms with Gasteiger partial charge in [-0.1, -0.05) is 12.1 Å². The second kappa shape index (κ2) is 8.77. The summed E-state index contributed by atoms with van der Waals surface area (Å²) < 4.78 is 43.2. The minimum atomic E-state index is -4.45. The van der Waals surface area contributed by atoms with E-state index in [2.05, 4.69) is 10.3 Å². The first-order valence-corrected chi connectivity index (χ1v) is 8.27. The van der Waals surface area contributed by atoms with E-state index in [9.17, 15) is 18.3 Å². The molecule has 5 nitrogen and oxygen atoms in total. The maximum Gasteiger partial charge on any atom is 0.416 e. The molecule has 0 amide bonds. The molecule has 0 bridgehead atoms. The van der Waals surface area contributed by atoms with Crippen molar-refractivity contribution in [1.82, 2.24) is 0 Å². The molecule has 2 aromatic carbocycles. The minimum Gasteiger partial charge on any atom is -0.491 e. The van der Waals surface area contributed by atoms with Crippen LogP contribution in [0, 0.1) is 13.8 Å². The van der Waals surface area contributed by atoms with Gasteiger partial charge in [-0.15, -0.1) is 0 Å². The fraction of sp³-hybridized carbons (Fsp3) is 0.316. The Labute approximate surface area is 155 Å². The van der Waals surface area contributed by atoms with Gasteiger partial charge in [0.1, 0.15) is 18.5 Å². The lowest BCUT2D eigenvalue weighted by molar-refractivity contribution is -0.137. The lowest BCUT2D eigenvalue weighted by atomic mass is 10.1. The SMILES string of the molecule is Cc1ccc(NC(N)=NCC(O)COc2cccc(C(F)(F)F)c2)cc1C. The number of nitrogens with zero attached hydrogens (tertiary/aromatic N) is 1. The molecule has 4 N–H and O–H groups in total. The number of aliphatic hydroxyl groups excluding tert-OH is 1. The van der Waals surface area contributed by atoms with Crippen LogP contribution in [0.3, 0.4) is 0 Å². The molecule has 0 spiro atoms. The highest BCUT2D eigenvalue weighted by atomic mass is 19.4. The van der Waals surface area contributed by atoms with Crippen molar-refractivity contribution in [2.24, 2.45) is 10.7 Å². The molecule has 0 radical (unpaired) electrons. The predicted octanol–water partition coefficient (Wildman–Crippen LogP) is 3.49. The summed E-state index contributed by atoms with van der Waals surface area (Å²) in [5.41, 5.74) is 7.99. The summed E-state index contributed by atoms with van der Waals surface area (Å²) in [4.78, 5) is 4.01. The molecule has 8 heteroatoms. The maximum atomic E-state index is 12.7. The van der Waals surface area contributed by atoms with E-state index in [1.807, 2.05) is 32.0 Å². The largest absolute Gasteiger partial charge is 0.491 e. The van der Waals surface area contributed by atoms with Crippen molar-refractivity contribution in [3.05, 3.63) is 59.2 Å². The molecular weight excluding hydrogens is 359 g/mol. The predicted molar refractivity (Wildman–Crippen MR) is 99.0 cm³/mol. The number of rotatable bonds is 6. The van der Waals surface area contributed by atoms with Crippen LogP contribution >= 0.6 is 0 Å². The Kier molecular flexibility index (Phi) is 6.68. The van der Waals surface area contributed by atoms with Crippen LogP contribution in [-0.2, 0) is 6.18 Å².